The number of nitrogens with two attached hydrogens (primary N) is 1. The van der Waals surface area contributed by atoms with Crippen LogP contribution < -0.4 is 5.73 Å². The maximum Gasteiger partial charge on any atom is 0.109 e. The van der Waals surface area contributed by atoms with E-state index in [2.05, 4.69) is 37.7 Å². The number of hydrogen-bond donors (Lipinski definition) is 2. The maximum atomic E-state index is 12.4. The third kappa shape index (κ3) is 3.04. The van der Waals surface area contributed by atoms with Crippen molar-refractivity contribution in [2.75, 3.05) is 6.67 Å². The van der Waals surface area contributed by atoms with Gasteiger partial charge in [0.05, 0.1) is 5.69 Å². The Balaban J connectivity index is 2.96. The van der Waals surface area contributed by atoms with Gasteiger partial charge in [-0.2, -0.15) is 0 Å². The van der Waals surface area contributed by atoms with Gasteiger partial charge in [0, 0.05) is 24.1 Å². The van der Waals surface area contributed by atoms with E-state index in [1.807, 2.05) is 0 Å². The van der Waals surface area contributed by atoms with E-state index in [0.29, 0.717) is 18.3 Å². The quantitative estimate of drug-likeness (QED) is 0.812. The van der Waals surface area contributed by atoms with Gasteiger partial charge in [0.2, 0.25) is 0 Å². The van der Waals surface area contributed by atoms with E-state index in [-0.39, 0.29) is 0 Å². The van der Waals surface area contributed by atoms with E-state index in [9.17, 15) is 4.39 Å². The standard InChI is InChI=1S/C12H22FN3/c1-7(2)11-10(5-9(14)6-13)15-12(16-11)8(3)4/h7-9H,5-6,14H2,1-4H3,(H,15,16). The van der Waals surface area contributed by atoms with Crippen LogP contribution in [0.5, 0.6) is 0 Å². The van der Waals surface area contributed by atoms with Gasteiger partial charge < -0.3 is 10.7 Å². The lowest BCUT2D eigenvalue weighted by molar-refractivity contribution is 0.424. The zero-order chi connectivity index (χ0) is 12.3. The molecule has 0 aliphatic rings. The minimum Gasteiger partial charge on any atom is -0.345 e. The summed E-state index contributed by atoms with van der Waals surface area (Å²) in [5.74, 6) is 1.66. The minimum absolute atomic E-state index is 0.338. The Hall–Kier alpha value is -0.900. The average Bonchev–Trinajstić information content (AvgIpc) is 2.61. The maximum absolute atomic E-state index is 12.4. The summed E-state index contributed by atoms with van der Waals surface area (Å²) >= 11 is 0. The average molecular weight is 227 g/mol. The third-order valence-electron chi connectivity index (χ3n) is 2.59. The second-order valence-electron chi connectivity index (χ2n) is 4.91. The van der Waals surface area contributed by atoms with Crippen molar-refractivity contribution in [2.45, 2.75) is 52.0 Å². The second kappa shape index (κ2) is 5.43. The number of hydrogen-bond acceptors (Lipinski definition) is 2. The summed E-state index contributed by atoms with van der Waals surface area (Å²) in [5, 5.41) is 0. The van der Waals surface area contributed by atoms with E-state index >= 15 is 0 Å². The first kappa shape index (κ1) is 13.2. The Morgan fingerprint density at radius 1 is 1.25 bits per heavy atom. The van der Waals surface area contributed by atoms with Crippen LogP contribution in [0.3, 0.4) is 0 Å². The van der Waals surface area contributed by atoms with E-state index in [0.717, 1.165) is 17.2 Å². The Bertz CT molecular complexity index is 331. The Labute approximate surface area is 96.7 Å². The number of H-pyrrole nitrogens is 1. The fourth-order valence-corrected chi connectivity index (χ4v) is 1.67. The number of halogens is 1. The van der Waals surface area contributed by atoms with Gasteiger partial charge in [0.25, 0.3) is 0 Å². The van der Waals surface area contributed by atoms with E-state index < -0.39 is 12.7 Å². The lowest BCUT2D eigenvalue weighted by atomic mass is 10.0. The van der Waals surface area contributed by atoms with E-state index in [1.54, 1.807) is 0 Å². The molecule has 0 radical (unpaired) electrons. The molecule has 16 heavy (non-hydrogen) atoms. The lowest BCUT2D eigenvalue weighted by Gasteiger charge is -2.08. The van der Waals surface area contributed by atoms with Crippen LogP contribution >= 0.6 is 0 Å². The summed E-state index contributed by atoms with van der Waals surface area (Å²) in [6.07, 6.45) is 0.531. The molecule has 1 rings (SSSR count). The molecule has 1 unspecified atom stereocenters. The van der Waals surface area contributed by atoms with Crippen molar-refractivity contribution in [2.24, 2.45) is 5.73 Å². The molecule has 1 aromatic rings. The lowest BCUT2D eigenvalue weighted by Crippen LogP contribution is -2.25. The molecule has 0 aliphatic heterocycles. The number of alkyl halides is 1. The van der Waals surface area contributed by atoms with Crippen LogP contribution in [0.4, 0.5) is 4.39 Å². The van der Waals surface area contributed by atoms with Gasteiger partial charge in [0.15, 0.2) is 0 Å². The SMILES string of the molecule is CC(C)c1nc(C(C)C)c(CC(N)CF)[nH]1. The number of nitrogens with zero attached hydrogens (tertiary/aromatic N) is 1. The molecular formula is C12H22FN3. The van der Waals surface area contributed by atoms with Gasteiger partial charge in [-0.25, -0.2) is 9.37 Å². The molecule has 3 nitrogen and oxygen atoms in total. The molecule has 4 heteroatoms. The third-order valence-corrected chi connectivity index (χ3v) is 2.59. The molecule has 0 bridgehead atoms. The van der Waals surface area contributed by atoms with Crippen LogP contribution in [-0.4, -0.2) is 22.7 Å². The van der Waals surface area contributed by atoms with Crippen molar-refractivity contribution >= 4 is 0 Å². The van der Waals surface area contributed by atoms with Gasteiger partial charge in [-0.1, -0.05) is 27.7 Å². The van der Waals surface area contributed by atoms with Crippen molar-refractivity contribution in [3.63, 3.8) is 0 Å². The number of aromatic nitrogens is 2. The van der Waals surface area contributed by atoms with Gasteiger partial charge in [-0.15, -0.1) is 0 Å². The normalized spacial score (nSPS) is 13.8. The van der Waals surface area contributed by atoms with E-state index in [4.69, 9.17) is 5.73 Å². The highest BCUT2D eigenvalue weighted by Crippen LogP contribution is 2.21. The van der Waals surface area contributed by atoms with Gasteiger partial charge in [0.1, 0.15) is 12.5 Å². The first-order valence-corrected chi connectivity index (χ1v) is 5.85. The molecule has 92 valence electrons. The zero-order valence-corrected chi connectivity index (χ0v) is 10.5. The monoisotopic (exact) mass is 227 g/mol. The number of imidazole rings is 1. The predicted molar refractivity (Wildman–Crippen MR) is 64.4 cm³/mol. The molecule has 1 atom stereocenters. The van der Waals surface area contributed by atoms with Crippen molar-refractivity contribution in [3.05, 3.63) is 17.2 Å². The van der Waals surface area contributed by atoms with Gasteiger partial charge >= 0.3 is 0 Å². The predicted octanol–water partition coefficient (Wildman–Crippen LogP) is 2.50. The molecule has 3 N–H and O–H groups in total. The summed E-state index contributed by atoms with van der Waals surface area (Å²) in [4.78, 5) is 7.83. The van der Waals surface area contributed by atoms with Crippen LogP contribution in [0.25, 0.3) is 0 Å². The fourth-order valence-electron chi connectivity index (χ4n) is 1.67. The number of nitrogens with one attached hydrogen (secondary N) is 1. The summed E-state index contributed by atoms with van der Waals surface area (Å²) in [7, 11) is 0. The van der Waals surface area contributed by atoms with Crippen LogP contribution in [0.15, 0.2) is 0 Å². The zero-order valence-electron chi connectivity index (χ0n) is 10.5. The molecule has 0 aliphatic carbocycles. The summed E-state index contributed by atoms with van der Waals surface area (Å²) < 4.78 is 12.4. The van der Waals surface area contributed by atoms with E-state index in [1.165, 1.54) is 0 Å². The minimum atomic E-state index is -0.492. The van der Waals surface area contributed by atoms with Crippen molar-refractivity contribution in [1.82, 2.24) is 9.97 Å². The molecule has 1 aromatic heterocycles. The van der Waals surface area contributed by atoms with Crippen LogP contribution in [0.1, 0.15) is 56.7 Å². The molecule has 0 aromatic carbocycles. The smallest absolute Gasteiger partial charge is 0.109 e. The first-order chi connectivity index (χ1) is 7.45. The Morgan fingerprint density at radius 2 is 1.88 bits per heavy atom. The Morgan fingerprint density at radius 3 is 2.31 bits per heavy atom. The van der Waals surface area contributed by atoms with Crippen molar-refractivity contribution in [3.8, 4) is 0 Å². The number of aromatic amines is 1. The molecule has 1 heterocycles. The fraction of sp³-hybridized carbons (Fsp3) is 0.750. The second-order valence-corrected chi connectivity index (χ2v) is 4.91. The van der Waals surface area contributed by atoms with Crippen molar-refractivity contribution in [1.29, 1.82) is 0 Å². The summed E-state index contributed by atoms with van der Waals surface area (Å²) in [5.41, 5.74) is 7.65. The Kier molecular flexibility index (Phi) is 4.47. The highest BCUT2D eigenvalue weighted by atomic mass is 19.1. The molecule has 0 saturated heterocycles. The summed E-state index contributed by atoms with van der Waals surface area (Å²) in [6, 6.07) is -0.432. The van der Waals surface area contributed by atoms with Crippen LogP contribution in [0.2, 0.25) is 0 Å². The van der Waals surface area contributed by atoms with Crippen LogP contribution in [-0.2, 0) is 6.42 Å². The molecule has 0 amide bonds. The molecular weight excluding hydrogens is 205 g/mol. The number of rotatable bonds is 5. The summed E-state index contributed by atoms with van der Waals surface area (Å²) in [6.45, 7) is 7.85. The largest absolute Gasteiger partial charge is 0.345 e. The van der Waals surface area contributed by atoms with Crippen LogP contribution in [0, 0.1) is 0 Å². The topological polar surface area (TPSA) is 54.7 Å². The van der Waals surface area contributed by atoms with Gasteiger partial charge in [-0.3, -0.25) is 0 Å². The first-order valence-electron chi connectivity index (χ1n) is 5.85. The van der Waals surface area contributed by atoms with Crippen molar-refractivity contribution < 1.29 is 4.39 Å². The molecule has 0 saturated carbocycles. The van der Waals surface area contributed by atoms with Gasteiger partial charge in [-0.05, 0) is 5.92 Å². The molecule has 0 spiro atoms. The highest BCUT2D eigenvalue weighted by molar-refractivity contribution is 5.20. The molecule has 0 fully saturated rings. The highest BCUT2D eigenvalue weighted by Gasteiger charge is 2.17.